The Bertz CT molecular complexity index is 324. The molecule has 0 radical (unpaired) electrons. The molecule has 5 nitrogen and oxygen atoms in total. The first-order chi connectivity index (χ1) is 7.88. The zero-order valence-corrected chi connectivity index (χ0v) is 9.66. The van der Waals surface area contributed by atoms with Crippen molar-refractivity contribution in [3.63, 3.8) is 0 Å². The highest BCUT2D eigenvalue weighted by molar-refractivity contribution is 5.47. The zero-order valence-electron chi connectivity index (χ0n) is 9.66. The van der Waals surface area contributed by atoms with E-state index >= 15 is 0 Å². The van der Waals surface area contributed by atoms with E-state index in [1.54, 1.807) is 6.33 Å². The van der Waals surface area contributed by atoms with Gasteiger partial charge in [0.15, 0.2) is 0 Å². The molecule has 0 bridgehead atoms. The number of nitrogens with one attached hydrogen (secondary N) is 3. The summed E-state index contributed by atoms with van der Waals surface area (Å²) in [6, 6.07) is 2.58. The van der Waals surface area contributed by atoms with Crippen LogP contribution in [0.5, 0.6) is 0 Å². The summed E-state index contributed by atoms with van der Waals surface area (Å²) < 4.78 is 0. The van der Waals surface area contributed by atoms with Crippen molar-refractivity contribution in [2.45, 2.75) is 25.3 Å². The van der Waals surface area contributed by atoms with E-state index in [0.717, 1.165) is 24.7 Å². The lowest BCUT2D eigenvalue weighted by atomic mass is 9.93. The minimum absolute atomic E-state index is 0.611. The smallest absolute Gasteiger partial charge is 0.131 e. The van der Waals surface area contributed by atoms with Crippen molar-refractivity contribution in [2.75, 3.05) is 30.8 Å². The van der Waals surface area contributed by atoms with Gasteiger partial charge in [-0.3, -0.25) is 0 Å². The van der Waals surface area contributed by atoms with Crippen LogP contribution in [0.25, 0.3) is 0 Å². The Labute approximate surface area is 96.1 Å². The van der Waals surface area contributed by atoms with Crippen LogP contribution in [0, 0.1) is 0 Å². The van der Waals surface area contributed by atoms with E-state index in [0.29, 0.717) is 6.04 Å². The predicted octanol–water partition coefficient (Wildman–Crippen LogP) is 1.07. The zero-order chi connectivity index (χ0) is 11.2. The highest BCUT2D eigenvalue weighted by atomic mass is 15.1. The highest BCUT2D eigenvalue weighted by Crippen LogP contribution is 2.22. The van der Waals surface area contributed by atoms with Crippen LogP contribution in [0.15, 0.2) is 12.4 Å². The van der Waals surface area contributed by atoms with Gasteiger partial charge >= 0.3 is 0 Å². The summed E-state index contributed by atoms with van der Waals surface area (Å²) in [6.45, 7) is 1.80. The summed E-state index contributed by atoms with van der Waals surface area (Å²) in [5.74, 6) is 1.80. The maximum atomic E-state index is 4.21. The van der Waals surface area contributed by atoms with Crippen molar-refractivity contribution >= 4 is 11.6 Å². The van der Waals surface area contributed by atoms with E-state index in [1.807, 2.05) is 13.1 Å². The molecule has 2 rings (SSSR count). The van der Waals surface area contributed by atoms with Crippen molar-refractivity contribution in [2.24, 2.45) is 0 Å². The minimum Gasteiger partial charge on any atom is -0.369 e. The molecule has 0 atom stereocenters. The molecule has 1 heterocycles. The second kappa shape index (κ2) is 5.65. The summed E-state index contributed by atoms with van der Waals surface area (Å²) >= 11 is 0. The lowest BCUT2D eigenvalue weighted by Crippen LogP contribution is -2.27. The van der Waals surface area contributed by atoms with Gasteiger partial charge in [-0.15, -0.1) is 0 Å². The molecule has 0 aliphatic heterocycles. The Morgan fingerprint density at radius 1 is 1.25 bits per heavy atom. The molecule has 88 valence electrons. The second-order valence-electron chi connectivity index (χ2n) is 4.09. The van der Waals surface area contributed by atoms with Crippen molar-refractivity contribution < 1.29 is 0 Å². The van der Waals surface area contributed by atoms with Gasteiger partial charge in [0.25, 0.3) is 0 Å². The van der Waals surface area contributed by atoms with Gasteiger partial charge < -0.3 is 16.0 Å². The molecule has 0 amide bonds. The molecule has 0 aromatic carbocycles. The molecule has 1 aromatic heterocycles. The average molecular weight is 221 g/mol. The fourth-order valence-corrected chi connectivity index (χ4v) is 1.61. The van der Waals surface area contributed by atoms with E-state index in [9.17, 15) is 0 Å². The molecule has 16 heavy (non-hydrogen) atoms. The Kier molecular flexibility index (Phi) is 3.93. The second-order valence-corrected chi connectivity index (χ2v) is 4.09. The molecule has 1 fully saturated rings. The lowest BCUT2D eigenvalue weighted by Gasteiger charge is -2.26. The standard InChI is InChI=1S/C11H19N5/c1-12-5-6-13-10-7-11(15-8-14-10)16-9-3-2-4-9/h7-9,12H,2-6H2,1H3,(H2,13,14,15,16). The molecular formula is C11H19N5. The SMILES string of the molecule is CNCCNc1cc(NC2CCC2)ncn1. The van der Waals surface area contributed by atoms with Crippen LogP contribution in [-0.2, 0) is 0 Å². The van der Waals surface area contributed by atoms with E-state index in [-0.39, 0.29) is 0 Å². The number of aromatic nitrogens is 2. The van der Waals surface area contributed by atoms with Crippen LogP contribution < -0.4 is 16.0 Å². The monoisotopic (exact) mass is 221 g/mol. The third-order valence-corrected chi connectivity index (χ3v) is 2.81. The van der Waals surface area contributed by atoms with Gasteiger partial charge in [0, 0.05) is 25.2 Å². The van der Waals surface area contributed by atoms with Crippen molar-refractivity contribution in [3.05, 3.63) is 12.4 Å². The quantitative estimate of drug-likeness (QED) is 0.627. The highest BCUT2D eigenvalue weighted by Gasteiger charge is 2.17. The van der Waals surface area contributed by atoms with Crippen LogP contribution >= 0.6 is 0 Å². The molecule has 1 aromatic rings. The lowest BCUT2D eigenvalue weighted by molar-refractivity contribution is 0.444. The van der Waals surface area contributed by atoms with E-state index in [1.165, 1.54) is 19.3 Å². The maximum absolute atomic E-state index is 4.21. The molecular weight excluding hydrogens is 202 g/mol. The molecule has 5 heteroatoms. The summed E-state index contributed by atoms with van der Waals surface area (Å²) in [5, 5.41) is 9.73. The van der Waals surface area contributed by atoms with Crippen molar-refractivity contribution in [1.29, 1.82) is 0 Å². The van der Waals surface area contributed by atoms with Gasteiger partial charge in [-0.25, -0.2) is 9.97 Å². The topological polar surface area (TPSA) is 61.9 Å². The minimum atomic E-state index is 0.611. The first kappa shape index (κ1) is 11.1. The first-order valence-corrected chi connectivity index (χ1v) is 5.85. The van der Waals surface area contributed by atoms with Crippen LogP contribution in [0.2, 0.25) is 0 Å². The molecule has 0 unspecified atom stereocenters. The Morgan fingerprint density at radius 3 is 2.75 bits per heavy atom. The fraction of sp³-hybridized carbons (Fsp3) is 0.636. The van der Waals surface area contributed by atoms with Crippen LogP contribution in [0.1, 0.15) is 19.3 Å². The van der Waals surface area contributed by atoms with Crippen molar-refractivity contribution in [3.8, 4) is 0 Å². The summed E-state index contributed by atoms with van der Waals surface area (Å²) in [5.41, 5.74) is 0. The third-order valence-electron chi connectivity index (χ3n) is 2.81. The van der Waals surface area contributed by atoms with Gasteiger partial charge in [0.05, 0.1) is 0 Å². The van der Waals surface area contributed by atoms with Gasteiger partial charge in [-0.05, 0) is 26.3 Å². The fourth-order valence-electron chi connectivity index (χ4n) is 1.61. The summed E-state index contributed by atoms with van der Waals surface area (Å²) in [7, 11) is 1.94. The number of hydrogen-bond acceptors (Lipinski definition) is 5. The Balaban J connectivity index is 1.85. The van der Waals surface area contributed by atoms with Gasteiger partial charge in [0.1, 0.15) is 18.0 Å². The van der Waals surface area contributed by atoms with E-state index < -0.39 is 0 Å². The first-order valence-electron chi connectivity index (χ1n) is 5.85. The maximum Gasteiger partial charge on any atom is 0.131 e. The molecule has 0 spiro atoms. The molecule has 3 N–H and O–H groups in total. The van der Waals surface area contributed by atoms with Gasteiger partial charge in [0.2, 0.25) is 0 Å². The number of likely N-dealkylation sites (N-methyl/N-ethyl adjacent to an activating group) is 1. The van der Waals surface area contributed by atoms with Crippen LogP contribution in [0.3, 0.4) is 0 Å². The predicted molar refractivity (Wildman–Crippen MR) is 65.7 cm³/mol. The number of anilines is 2. The van der Waals surface area contributed by atoms with Gasteiger partial charge in [-0.2, -0.15) is 0 Å². The number of nitrogens with zero attached hydrogens (tertiary/aromatic N) is 2. The Morgan fingerprint density at radius 2 is 2.06 bits per heavy atom. The van der Waals surface area contributed by atoms with Crippen LogP contribution in [-0.4, -0.2) is 36.1 Å². The summed E-state index contributed by atoms with van der Waals surface area (Å²) in [4.78, 5) is 8.38. The van der Waals surface area contributed by atoms with Crippen LogP contribution in [0.4, 0.5) is 11.6 Å². The third kappa shape index (κ3) is 3.06. The van der Waals surface area contributed by atoms with E-state index in [4.69, 9.17) is 0 Å². The normalized spacial score (nSPS) is 15.6. The number of hydrogen-bond donors (Lipinski definition) is 3. The largest absolute Gasteiger partial charge is 0.369 e. The van der Waals surface area contributed by atoms with Gasteiger partial charge in [-0.1, -0.05) is 0 Å². The number of rotatable bonds is 6. The average Bonchev–Trinajstić information content (AvgIpc) is 2.25. The molecule has 0 saturated heterocycles. The molecule has 1 saturated carbocycles. The molecule has 1 aliphatic carbocycles. The summed E-state index contributed by atoms with van der Waals surface area (Å²) in [6.07, 6.45) is 5.44. The van der Waals surface area contributed by atoms with E-state index in [2.05, 4.69) is 25.9 Å². The molecule has 1 aliphatic rings. The van der Waals surface area contributed by atoms with Crippen molar-refractivity contribution in [1.82, 2.24) is 15.3 Å². The Hall–Kier alpha value is -1.36.